The molecule has 0 spiro atoms. The van der Waals surface area contributed by atoms with Crippen LogP contribution < -0.4 is 5.32 Å². The van der Waals surface area contributed by atoms with E-state index in [2.05, 4.69) is 34.2 Å². The third-order valence-electron chi connectivity index (χ3n) is 4.96. The van der Waals surface area contributed by atoms with Crippen molar-refractivity contribution in [2.75, 3.05) is 13.1 Å². The average molecular weight is 330 g/mol. The monoisotopic (exact) mass is 330 g/mol. The minimum Gasteiger partial charge on any atom is -0.337 e. The topological polar surface area (TPSA) is 54.2 Å². The van der Waals surface area contributed by atoms with Crippen LogP contribution in [0, 0.1) is 5.82 Å². The maximum absolute atomic E-state index is 13.4. The number of halogens is 1. The summed E-state index contributed by atoms with van der Waals surface area (Å²) in [6.07, 6.45) is 2.28. The van der Waals surface area contributed by atoms with E-state index in [1.165, 1.54) is 12.1 Å². The van der Waals surface area contributed by atoms with Gasteiger partial charge in [-0.2, -0.15) is 4.98 Å². The van der Waals surface area contributed by atoms with Crippen molar-refractivity contribution in [3.8, 4) is 0 Å². The van der Waals surface area contributed by atoms with Crippen LogP contribution in [0.3, 0.4) is 0 Å². The highest BCUT2D eigenvalue weighted by Gasteiger charge is 2.36. The minimum atomic E-state index is -0.233. The molecule has 4 rings (SSSR count). The second-order valence-corrected chi connectivity index (χ2v) is 7.07. The summed E-state index contributed by atoms with van der Waals surface area (Å²) < 4.78 is 19.0. The van der Waals surface area contributed by atoms with Crippen LogP contribution in [0.4, 0.5) is 4.39 Å². The number of piperazine rings is 1. The standard InChI is InChI=1S/C18H23FN4O/c1-11-10-23(12(2)9-20-11)16(13-5-7-15(19)8-6-13)18-21-17(22-24-18)14-3-4-14/h5-8,11-12,14,16,20H,3-4,9-10H2,1-2H3/t11-,12+,16?/m0/s1. The van der Waals surface area contributed by atoms with Gasteiger partial charge in [0.1, 0.15) is 11.9 Å². The van der Waals surface area contributed by atoms with E-state index in [9.17, 15) is 4.39 Å². The van der Waals surface area contributed by atoms with Gasteiger partial charge < -0.3 is 9.84 Å². The highest BCUT2D eigenvalue weighted by Crippen LogP contribution is 2.39. The zero-order valence-electron chi connectivity index (χ0n) is 14.1. The molecule has 6 heteroatoms. The predicted octanol–water partition coefficient (Wildman–Crippen LogP) is 2.86. The van der Waals surface area contributed by atoms with Gasteiger partial charge >= 0.3 is 0 Å². The Morgan fingerprint density at radius 3 is 2.71 bits per heavy atom. The van der Waals surface area contributed by atoms with E-state index >= 15 is 0 Å². The van der Waals surface area contributed by atoms with Crippen molar-refractivity contribution in [2.45, 2.75) is 50.7 Å². The minimum absolute atomic E-state index is 0.134. The molecule has 0 bridgehead atoms. The Kier molecular flexibility index (Phi) is 4.10. The van der Waals surface area contributed by atoms with E-state index in [1.807, 2.05) is 12.1 Å². The Balaban J connectivity index is 1.71. The quantitative estimate of drug-likeness (QED) is 0.934. The molecule has 1 aliphatic carbocycles. The first-order valence-electron chi connectivity index (χ1n) is 8.70. The molecule has 2 aliphatic rings. The Morgan fingerprint density at radius 2 is 2.00 bits per heavy atom. The van der Waals surface area contributed by atoms with Gasteiger partial charge in [-0.3, -0.25) is 4.90 Å². The molecule has 0 amide bonds. The summed E-state index contributed by atoms with van der Waals surface area (Å²) >= 11 is 0. The van der Waals surface area contributed by atoms with Crippen molar-refractivity contribution in [3.05, 3.63) is 47.4 Å². The SMILES string of the molecule is C[C@@H]1CN[C@@H](C)CN1C(c1ccc(F)cc1)c1nc(C2CC2)no1. The zero-order chi connectivity index (χ0) is 16.7. The molecule has 24 heavy (non-hydrogen) atoms. The van der Waals surface area contributed by atoms with Crippen LogP contribution in [0.1, 0.15) is 55.9 Å². The van der Waals surface area contributed by atoms with Crippen molar-refractivity contribution >= 4 is 0 Å². The Hall–Kier alpha value is -1.79. The first-order chi connectivity index (χ1) is 11.6. The summed E-state index contributed by atoms with van der Waals surface area (Å²) in [6.45, 7) is 6.14. The van der Waals surface area contributed by atoms with Crippen LogP contribution in [0.15, 0.2) is 28.8 Å². The lowest BCUT2D eigenvalue weighted by molar-refractivity contribution is 0.0955. The van der Waals surface area contributed by atoms with Crippen molar-refractivity contribution < 1.29 is 8.91 Å². The third kappa shape index (κ3) is 3.08. The fourth-order valence-corrected chi connectivity index (χ4v) is 3.40. The second-order valence-electron chi connectivity index (χ2n) is 7.07. The van der Waals surface area contributed by atoms with Crippen LogP contribution in [-0.4, -0.2) is 40.2 Å². The van der Waals surface area contributed by atoms with Crippen molar-refractivity contribution in [3.63, 3.8) is 0 Å². The zero-order valence-corrected chi connectivity index (χ0v) is 14.1. The Labute approximate surface area is 141 Å². The predicted molar refractivity (Wildman–Crippen MR) is 88.1 cm³/mol. The summed E-state index contributed by atoms with van der Waals surface area (Å²) in [5.41, 5.74) is 0.989. The van der Waals surface area contributed by atoms with Crippen LogP contribution >= 0.6 is 0 Å². The van der Waals surface area contributed by atoms with Crippen LogP contribution in [0.25, 0.3) is 0 Å². The van der Waals surface area contributed by atoms with E-state index in [0.29, 0.717) is 23.9 Å². The van der Waals surface area contributed by atoms with E-state index in [1.54, 1.807) is 0 Å². The van der Waals surface area contributed by atoms with Gasteiger partial charge in [0.05, 0.1) is 0 Å². The van der Waals surface area contributed by atoms with E-state index in [-0.39, 0.29) is 11.9 Å². The Bertz CT molecular complexity index is 697. The number of aromatic nitrogens is 2. The number of rotatable bonds is 4. The normalized spacial score (nSPS) is 26.5. The molecule has 2 heterocycles. The van der Waals surface area contributed by atoms with Gasteiger partial charge in [0.15, 0.2) is 5.82 Å². The molecule has 0 radical (unpaired) electrons. The molecule has 128 valence electrons. The van der Waals surface area contributed by atoms with Crippen LogP contribution in [0.2, 0.25) is 0 Å². The largest absolute Gasteiger partial charge is 0.337 e. The summed E-state index contributed by atoms with van der Waals surface area (Å²) in [4.78, 5) is 7.05. The first kappa shape index (κ1) is 15.7. The van der Waals surface area contributed by atoms with Gasteiger partial charge in [-0.15, -0.1) is 0 Å². The lowest BCUT2D eigenvalue weighted by Crippen LogP contribution is -2.55. The molecular weight excluding hydrogens is 307 g/mol. The van der Waals surface area contributed by atoms with Gasteiger partial charge in [0.25, 0.3) is 0 Å². The lowest BCUT2D eigenvalue weighted by atomic mass is 10.0. The molecule has 1 saturated carbocycles. The summed E-state index contributed by atoms with van der Waals surface area (Å²) in [5.74, 6) is 1.65. The average Bonchev–Trinajstić information content (AvgIpc) is 3.32. The van der Waals surface area contributed by atoms with Gasteiger partial charge in [0, 0.05) is 31.1 Å². The van der Waals surface area contributed by atoms with E-state index in [4.69, 9.17) is 4.52 Å². The van der Waals surface area contributed by atoms with Crippen molar-refractivity contribution in [2.24, 2.45) is 0 Å². The molecule has 2 aromatic rings. The maximum Gasteiger partial charge on any atom is 0.248 e. The van der Waals surface area contributed by atoms with Crippen LogP contribution in [0.5, 0.6) is 0 Å². The van der Waals surface area contributed by atoms with Crippen molar-refractivity contribution in [1.29, 1.82) is 0 Å². The number of benzene rings is 1. The maximum atomic E-state index is 13.4. The molecule has 1 aromatic carbocycles. The van der Waals surface area contributed by atoms with Gasteiger partial charge in [-0.1, -0.05) is 17.3 Å². The van der Waals surface area contributed by atoms with E-state index in [0.717, 1.165) is 37.3 Å². The number of hydrogen-bond acceptors (Lipinski definition) is 5. The molecular formula is C18H23FN4O. The molecule has 1 saturated heterocycles. The number of nitrogens with one attached hydrogen (secondary N) is 1. The number of nitrogens with zero attached hydrogens (tertiary/aromatic N) is 3. The summed E-state index contributed by atoms with van der Waals surface area (Å²) in [5, 5.41) is 7.67. The van der Waals surface area contributed by atoms with Crippen molar-refractivity contribution in [1.82, 2.24) is 20.4 Å². The lowest BCUT2D eigenvalue weighted by Gasteiger charge is -2.41. The Morgan fingerprint density at radius 1 is 1.25 bits per heavy atom. The van der Waals surface area contributed by atoms with Crippen LogP contribution in [-0.2, 0) is 0 Å². The molecule has 1 aliphatic heterocycles. The van der Waals surface area contributed by atoms with Gasteiger partial charge in [-0.25, -0.2) is 4.39 Å². The summed E-state index contributed by atoms with van der Waals surface area (Å²) in [7, 11) is 0. The highest BCUT2D eigenvalue weighted by molar-refractivity contribution is 5.25. The molecule has 1 unspecified atom stereocenters. The third-order valence-corrected chi connectivity index (χ3v) is 4.96. The first-order valence-corrected chi connectivity index (χ1v) is 8.70. The molecule has 1 aromatic heterocycles. The molecule has 5 nitrogen and oxygen atoms in total. The smallest absolute Gasteiger partial charge is 0.248 e. The fraction of sp³-hybridized carbons (Fsp3) is 0.556. The van der Waals surface area contributed by atoms with Gasteiger partial charge in [0.2, 0.25) is 5.89 Å². The van der Waals surface area contributed by atoms with Gasteiger partial charge in [-0.05, 0) is 44.4 Å². The fourth-order valence-electron chi connectivity index (χ4n) is 3.40. The van der Waals surface area contributed by atoms with E-state index < -0.39 is 0 Å². The molecule has 3 atom stereocenters. The second kappa shape index (κ2) is 6.26. The number of hydrogen-bond donors (Lipinski definition) is 1. The summed E-state index contributed by atoms with van der Waals surface area (Å²) in [6, 6.07) is 7.21. The highest BCUT2D eigenvalue weighted by atomic mass is 19.1. The molecule has 2 fully saturated rings. The molecule has 1 N–H and O–H groups in total.